The van der Waals surface area contributed by atoms with E-state index in [-0.39, 0.29) is 5.92 Å². The first kappa shape index (κ1) is 6.55. The van der Waals surface area contributed by atoms with E-state index in [4.69, 9.17) is 10.2 Å². The highest BCUT2D eigenvalue weighted by Gasteiger charge is 2.45. The van der Waals surface area contributed by atoms with Gasteiger partial charge in [0.25, 0.3) is 0 Å². The van der Waals surface area contributed by atoms with Gasteiger partial charge in [-0.1, -0.05) is 0 Å². The number of carboxylic acids is 1. The van der Waals surface area contributed by atoms with E-state index >= 15 is 0 Å². The molecule has 0 bridgehead atoms. The number of aliphatic carboxylic acids is 1. The van der Waals surface area contributed by atoms with Crippen LogP contribution in [-0.2, 0) is 4.79 Å². The normalized spacial score (nSPS) is 25.1. The second kappa shape index (κ2) is 1.70. The summed E-state index contributed by atoms with van der Waals surface area (Å²) in [6.07, 6.45) is 1.69. The minimum Gasteiger partial charge on any atom is -0.479 e. The van der Waals surface area contributed by atoms with Crippen LogP contribution in [0.4, 0.5) is 0 Å². The van der Waals surface area contributed by atoms with Crippen molar-refractivity contribution in [1.82, 2.24) is 0 Å². The molecule has 1 saturated carbocycles. The molecule has 0 spiro atoms. The molecule has 1 fully saturated rings. The predicted octanol–water partition coefficient (Wildman–Crippen LogP) is 0.232. The molecule has 3 heteroatoms. The molecule has 1 unspecified atom stereocenters. The Kier molecular flexibility index (Phi) is 1.24. The Morgan fingerprint density at radius 2 is 2.11 bits per heavy atom. The first-order chi connectivity index (χ1) is 4.05. The van der Waals surface area contributed by atoms with Gasteiger partial charge in [0.15, 0.2) is 5.60 Å². The lowest BCUT2D eigenvalue weighted by Gasteiger charge is -2.15. The van der Waals surface area contributed by atoms with Crippen LogP contribution in [0, 0.1) is 5.92 Å². The highest BCUT2D eigenvalue weighted by Crippen LogP contribution is 2.39. The van der Waals surface area contributed by atoms with Gasteiger partial charge in [-0.3, -0.25) is 0 Å². The summed E-state index contributed by atoms with van der Waals surface area (Å²) in [5.41, 5.74) is -1.47. The summed E-state index contributed by atoms with van der Waals surface area (Å²) in [5, 5.41) is 17.5. The van der Waals surface area contributed by atoms with Gasteiger partial charge in [0.1, 0.15) is 0 Å². The van der Waals surface area contributed by atoms with E-state index in [0.717, 1.165) is 12.8 Å². The van der Waals surface area contributed by atoms with Crippen LogP contribution >= 0.6 is 0 Å². The Morgan fingerprint density at radius 3 is 2.22 bits per heavy atom. The Bertz CT molecular complexity index is 135. The van der Waals surface area contributed by atoms with Crippen molar-refractivity contribution in [2.75, 3.05) is 0 Å². The Balaban J connectivity index is 2.59. The van der Waals surface area contributed by atoms with Crippen LogP contribution in [0.25, 0.3) is 0 Å². The van der Waals surface area contributed by atoms with E-state index < -0.39 is 11.6 Å². The van der Waals surface area contributed by atoms with Crippen molar-refractivity contribution in [1.29, 1.82) is 0 Å². The van der Waals surface area contributed by atoms with Gasteiger partial charge < -0.3 is 10.2 Å². The molecule has 0 amide bonds. The number of aliphatic hydroxyl groups is 1. The molecule has 1 rings (SSSR count). The second-order valence-electron chi connectivity index (χ2n) is 2.73. The molecule has 9 heavy (non-hydrogen) atoms. The van der Waals surface area contributed by atoms with Crippen molar-refractivity contribution >= 4 is 5.97 Å². The summed E-state index contributed by atoms with van der Waals surface area (Å²) in [7, 11) is 0. The summed E-state index contributed by atoms with van der Waals surface area (Å²) in [5.74, 6) is -1.11. The molecule has 1 aliphatic rings. The van der Waals surface area contributed by atoms with Crippen LogP contribution in [0.15, 0.2) is 0 Å². The fourth-order valence-electron chi connectivity index (χ4n) is 0.820. The van der Waals surface area contributed by atoms with E-state index in [9.17, 15) is 4.79 Å². The fourth-order valence-corrected chi connectivity index (χ4v) is 0.820. The van der Waals surface area contributed by atoms with Crippen LogP contribution in [-0.4, -0.2) is 21.8 Å². The lowest BCUT2D eigenvalue weighted by atomic mass is 10.0. The quantitative estimate of drug-likeness (QED) is 0.562. The van der Waals surface area contributed by atoms with E-state index in [2.05, 4.69) is 0 Å². The minimum atomic E-state index is -1.47. The van der Waals surface area contributed by atoms with E-state index in [1.54, 1.807) is 0 Å². The maximum Gasteiger partial charge on any atom is 0.335 e. The molecule has 0 aliphatic heterocycles. The van der Waals surface area contributed by atoms with Gasteiger partial charge in [0, 0.05) is 0 Å². The largest absolute Gasteiger partial charge is 0.479 e. The monoisotopic (exact) mass is 130 g/mol. The number of rotatable bonds is 2. The molecule has 0 aromatic rings. The molecule has 1 atom stereocenters. The third-order valence-electron chi connectivity index (χ3n) is 1.81. The van der Waals surface area contributed by atoms with Crippen molar-refractivity contribution in [2.45, 2.75) is 25.4 Å². The maximum absolute atomic E-state index is 10.3. The molecule has 1 aliphatic carbocycles. The van der Waals surface area contributed by atoms with Crippen LogP contribution < -0.4 is 0 Å². The molecular weight excluding hydrogens is 120 g/mol. The Labute approximate surface area is 53.3 Å². The standard InChI is InChI=1S/C6H10O3/c1-6(9,5(7)8)4-2-3-4/h4,9H,2-3H2,1H3,(H,7,8). The highest BCUT2D eigenvalue weighted by molar-refractivity contribution is 5.77. The van der Waals surface area contributed by atoms with Crippen LogP contribution in [0.3, 0.4) is 0 Å². The van der Waals surface area contributed by atoms with Gasteiger partial charge in [-0.05, 0) is 25.7 Å². The van der Waals surface area contributed by atoms with E-state index in [1.807, 2.05) is 0 Å². The van der Waals surface area contributed by atoms with E-state index in [1.165, 1.54) is 6.92 Å². The minimum absolute atomic E-state index is 0.00463. The Morgan fingerprint density at radius 1 is 1.67 bits per heavy atom. The lowest BCUT2D eigenvalue weighted by molar-refractivity contribution is -0.158. The molecule has 0 aromatic carbocycles. The van der Waals surface area contributed by atoms with Crippen molar-refractivity contribution < 1.29 is 15.0 Å². The smallest absolute Gasteiger partial charge is 0.335 e. The van der Waals surface area contributed by atoms with Gasteiger partial charge in [-0.2, -0.15) is 0 Å². The van der Waals surface area contributed by atoms with Crippen LogP contribution in [0.5, 0.6) is 0 Å². The number of hydrogen-bond acceptors (Lipinski definition) is 2. The first-order valence-corrected chi connectivity index (χ1v) is 3.01. The zero-order chi connectivity index (χ0) is 7.07. The van der Waals surface area contributed by atoms with Gasteiger partial charge in [0.05, 0.1) is 0 Å². The second-order valence-corrected chi connectivity index (χ2v) is 2.73. The fraction of sp³-hybridized carbons (Fsp3) is 0.833. The molecule has 0 radical (unpaired) electrons. The molecular formula is C6H10O3. The highest BCUT2D eigenvalue weighted by atomic mass is 16.4. The summed E-state index contributed by atoms with van der Waals surface area (Å²) in [4.78, 5) is 10.3. The average molecular weight is 130 g/mol. The van der Waals surface area contributed by atoms with E-state index in [0.29, 0.717) is 0 Å². The summed E-state index contributed by atoms with van der Waals surface area (Å²) in [6.45, 7) is 1.35. The van der Waals surface area contributed by atoms with Crippen molar-refractivity contribution in [2.24, 2.45) is 5.92 Å². The molecule has 3 nitrogen and oxygen atoms in total. The molecule has 0 heterocycles. The number of carbonyl (C=O) groups is 1. The predicted molar refractivity (Wildman–Crippen MR) is 31.0 cm³/mol. The number of hydrogen-bond donors (Lipinski definition) is 2. The van der Waals surface area contributed by atoms with Gasteiger partial charge in [0.2, 0.25) is 0 Å². The summed E-state index contributed by atoms with van der Waals surface area (Å²) < 4.78 is 0. The van der Waals surface area contributed by atoms with Crippen LogP contribution in [0.1, 0.15) is 19.8 Å². The lowest BCUT2D eigenvalue weighted by Crippen LogP contribution is -2.36. The third-order valence-corrected chi connectivity index (χ3v) is 1.81. The maximum atomic E-state index is 10.3. The molecule has 0 aromatic heterocycles. The SMILES string of the molecule is CC(O)(C(=O)O)C1CC1. The van der Waals surface area contributed by atoms with Crippen molar-refractivity contribution in [3.8, 4) is 0 Å². The van der Waals surface area contributed by atoms with Crippen molar-refractivity contribution in [3.05, 3.63) is 0 Å². The first-order valence-electron chi connectivity index (χ1n) is 3.01. The van der Waals surface area contributed by atoms with Crippen molar-refractivity contribution in [3.63, 3.8) is 0 Å². The summed E-state index contributed by atoms with van der Waals surface area (Å²) >= 11 is 0. The topological polar surface area (TPSA) is 57.5 Å². The molecule has 2 N–H and O–H groups in total. The molecule has 0 saturated heterocycles. The third kappa shape index (κ3) is 1.05. The zero-order valence-electron chi connectivity index (χ0n) is 5.29. The number of carboxylic acid groups (broad SMARTS) is 1. The zero-order valence-corrected chi connectivity index (χ0v) is 5.29. The van der Waals surface area contributed by atoms with Crippen LogP contribution in [0.2, 0.25) is 0 Å². The van der Waals surface area contributed by atoms with Gasteiger partial charge in [-0.25, -0.2) is 4.79 Å². The summed E-state index contributed by atoms with van der Waals surface area (Å²) in [6, 6.07) is 0. The van der Waals surface area contributed by atoms with Gasteiger partial charge in [-0.15, -0.1) is 0 Å². The van der Waals surface area contributed by atoms with Gasteiger partial charge >= 0.3 is 5.97 Å². The molecule has 52 valence electrons. The Hall–Kier alpha value is -0.570. The average Bonchev–Trinajstić information content (AvgIpc) is 2.42.